The Hall–Kier alpha value is -2.34. The molecule has 3 amide bonds. The lowest BCUT2D eigenvalue weighted by atomic mass is 9.97. The second-order valence-corrected chi connectivity index (χ2v) is 7.52. The molecule has 4 atom stereocenters. The Morgan fingerprint density at radius 3 is 2.10 bits per heavy atom. The maximum atomic E-state index is 12.7. The van der Waals surface area contributed by atoms with E-state index >= 15 is 0 Å². The van der Waals surface area contributed by atoms with Crippen LogP contribution in [0.1, 0.15) is 33.1 Å². The van der Waals surface area contributed by atoms with Crippen molar-refractivity contribution >= 4 is 41.4 Å². The van der Waals surface area contributed by atoms with E-state index in [2.05, 4.69) is 16.0 Å². The molecule has 0 spiro atoms. The highest BCUT2D eigenvalue weighted by atomic mass is 32.2. The molecule has 0 aromatic carbocycles. The predicted octanol–water partition coefficient (Wildman–Crippen LogP) is -1.24. The summed E-state index contributed by atoms with van der Waals surface area (Å²) in [6.45, 7) is 2.95. The lowest BCUT2D eigenvalue weighted by Gasteiger charge is -2.26. The fraction of sp³-hybridized carbons (Fsp3) is 0.706. The maximum absolute atomic E-state index is 12.7. The van der Waals surface area contributed by atoms with Gasteiger partial charge in [0.05, 0.1) is 12.5 Å². The Morgan fingerprint density at radius 1 is 1.00 bits per heavy atom. The number of rotatable bonds is 14. The van der Waals surface area contributed by atoms with Crippen LogP contribution in [0.15, 0.2) is 0 Å². The Kier molecular flexibility index (Phi) is 12.7. The highest BCUT2D eigenvalue weighted by Crippen LogP contribution is 2.10. The van der Waals surface area contributed by atoms with E-state index < -0.39 is 60.8 Å². The minimum Gasteiger partial charge on any atom is -0.481 e. The van der Waals surface area contributed by atoms with Crippen molar-refractivity contribution in [1.29, 1.82) is 0 Å². The van der Waals surface area contributed by atoms with Crippen molar-refractivity contribution in [2.24, 2.45) is 11.7 Å². The summed E-state index contributed by atoms with van der Waals surface area (Å²) in [6, 6.07) is -3.33. The predicted molar refractivity (Wildman–Crippen MR) is 107 cm³/mol. The van der Waals surface area contributed by atoms with Gasteiger partial charge >= 0.3 is 11.9 Å². The molecule has 0 fully saturated rings. The quantitative estimate of drug-likeness (QED) is 0.194. The molecule has 0 aromatic rings. The number of carbonyl (C=O) groups excluding carboxylic acids is 3. The van der Waals surface area contributed by atoms with E-state index in [0.717, 1.165) is 0 Å². The lowest BCUT2D eigenvalue weighted by Crippen LogP contribution is -2.57. The van der Waals surface area contributed by atoms with Crippen molar-refractivity contribution in [3.8, 4) is 0 Å². The van der Waals surface area contributed by atoms with Crippen LogP contribution in [-0.2, 0) is 24.0 Å². The zero-order valence-corrected chi connectivity index (χ0v) is 17.6. The summed E-state index contributed by atoms with van der Waals surface area (Å²) in [7, 11) is 0. The molecule has 166 valence electrons. The topological polar surface area (TPSA) is 188 Å². The minimum absolute atomic E-state index is 0.239. The molecule has 4 unspecified atom stereocenters. The van der Waals surface area contributed by atoms with Crippen LogP contribution >= 0.6 is 11.8 Å². The molecule has 0 aliphatic heterocycles. The Morgan fingerprint density at radius 2 is 1.62 bits per heavy atom. The van der Waals surface area contributed by atoms with Crippen molar-refractivity contribution in [2.75, 3.05) is 18.6 Å². The smallest absolute Gasteiger partial charge is 0.322 e. The first-order valence-corrected chi connectivity index (χ1v) is 10.5. The van der Waals surface area contributed by atoms with Crippen LogP contribution in [0.2, 0.25) is 0 Å². The van der Waals surface area contributed by atoms with Gasteiger partial charge in [0.2, 0.25) is 17.7 Å². The standard InChI is InChI=1S/C17H30N4O7S/c1-4-9(2)14(17(28)19-8-13(24)25)21-16(27)11(5-6-29-3)20-15(26)10(18)7-12(22)23/h9-11,14H,4-8,18H2,1-3H3,(H,19,28)(H,20,26)(H,21,27)(H,22,23)(H,24,25). The van der Waals surface area contributed by atoms with Crippen LogP contribution in [0.5, 0.6) is 0 Å². The van der Waals surface area contributed by atoms with E-state index in [0.29, 0.717) is 12.2 Å². The molecule has 0 saturated heterocycles. The Labute approximate surface area is 173 Å². The Bertz CT molecular complexity index is 602. The van der Waals surface area contributed by atoms with Crippen molar-refractivity contribution < 1.29 is 34.2 Å². The largest absolute Gasteiger partial charge is 0.481 e. The summed E-state index contributed by atoms with van der Waals surface area (Å²) in [5, 5.41) is 24.7. The van der Waals surface area contributed by atoms with Gasteiger partial charge in [-0.05, 0) is 24.3 Å². The zero-order chi connectivity index (χ0) is 22.6. The molecular weight excluding hydrogens is 404 g/mol. The van der Waals surface area contributed by atoms with Gasteiger partial charge in [-0.25, -0.2) is 0 Å². The molecular formula is C17H30N4O7S. The molecule has 7 N–H and O–H groups in total. The third-order valence-electron chi connectivity index (χ3n) is 4.18. The van der Waals surface area contributed by atoms with Crippen LogP contribution in [0.25, 0.3) is 0 Å². The fourth-order valence-electron chi connectivity index (χ4n) is 2.29. The van der Waals surface area contributed by atoms with Crippen molar-refractivity contribution in [1.82, 2.24) is 16.0 Å². The molecule has 0 heterocycles. The van der Waals surface area contributed by atoms with Crippen LogP contribution in [0.3, 0.4) is 0 Å². The van der Waals surface area contributed by atoms with Crippen molar-refractivity contribution in [3.63, 3.8) is 0 Å². The Balaban J connectivity index is 5.25. The summed E-state index contributed by atoms with van der Waals surface area (Å²) in [5.41, 5.74) is 5.53. The average molecular weight is 435 g/mol. The van der Waals surface area contributed by atoms with Gasteiger partial charge in [0.1, 0.15) is 18.6 Å². The summed E-state index contributed by atoms with van der Waals surface area (Å²) >= 11 is 1.44. The number of nitrogens with one attached hydrogen (secondary N) is 3. The highest BCUT2D eigenvalue weighted by molar-refractivity contribution is 7.98. The van der Waals surface area contributed by atoms with Gasteiger partial charge in [-0.15, -0.1) is 0 Å². The molecule has 0 saturated carbocycles. The zero-order valence-electron chi connectivity index (χ0n) is 16.8. The summed E-state index contributed by atoms with van der Waals surface area (Å²) < 4.78 is 0. The van der Waals surface area contributed by atoms with Crippen LogP contribution < -0.4 is 21.7 Å². The van der Waals surface area contributed by atoms with Gasteiger partial charge in [0.15, 0.2) is 0 Å². The lowest BCUT2D eigenvalue weighted by molar-refractivity contribution is -0.140. The first-order chi connectivity index (χ1) is 13.5. The second kappa shape index (κ2) is 13.8. The molecule has 12 heteroatoms. The third-order valence-corrected chi connectivity index (χ3v) is 4.83. The number of carboxylic acids is 2. The monoisotopic (exact) mass is 434 g/mol. The highest BCUT2D eigenvalue weighted by Gasteiger charge is 2.30. The summed E-state index contributed by atoms with van der Waals surface area (Å²) in [5.74, 6) is -4.30. The van der Waals surface area contributed by atoms with Gasteiger partial charge in [0, 0.05) is 0 Å². The van der Waals surface area contributed by atoms with Crippen LogP contribution in [0, 0.1) is 5.92 Å². The molecule has 0 aliphatic carbocycles. The number of thioether (sulfide) groups is 1. The van der Waals surface area contributed by atoms with E-state index in [9.17, 15) is 24.0 Å². The number of amides is 3. The van der Waals surface area contributed by atoms with E-state index in [1.165, 1.54) is 11.8 Å². The average Bonchev–Trinajstić information content (AvgIpc) is 2.65. The number of hydrogen-bond donors (Lipinski definition) is 6. The van der Waals surface area contributed by atoms with E-state index in [4.69, 9.17) is 15.9 Å². The van der Waals surface area contributed by atoms with Crippen LogP contribution in [-0.4, -0.2) is 76.6 Å². The van der Waals surface area contributed by atoms with E-state index in [-0.39, 0.29) is 12.3 Å². The van der Waals surface area contributed by atoms with Gasteiger partial charge < -0.3 is 31.9 Å². The first-order valence-electron chi connectivity index (χ1n) is 9.09. The molecule has 0 radical (unpaired) electrons. The van der Waals surface area contributed by atoms with Gasteiger partial charge in [-0.2, -0.15) is 11.8 Å². The van der Waals surface area contributed by atoms with E-state index in [1.54, 1.807) is 6.92 Å². The minimum atomic E-state index is -1.32. The molecule has 11 nitrogen and oxygen atoms in total. The molecule has 29 heavy (non-hydrogen) atoms. The second-order valence-electron chi connectivity index (χ2n) is 6.53. The number of carbonyl (C=O) groups is 5. The number of hydrogen-bond acceptors (Lipinski definition) is 7. The normalized spacial score (nSPS) is 14.8. The van der Waals surface area contributed by atoms with Gasteiger partial charge in [-0.1, -0.05) is 20.3 Å². The molecule has 0 aromatic heterocycles. The fourth-order valence-corrected chi connectivity index (χ4v) is 2.76. The first kappa shape index (κ1) is 26.7. The SMILES string of the molecule is CCC(C)C(NC(=O)C(CCSC)NC(=O)C(N)CC(=O)O)C(=O)NCC(=O)O. The maximum Gasteiger partial charge on any atom is 0.322 e. The molecule has 0 rings (SSSR count). The number of nitrogens with two attached hydrogens (primary N) is 1. The van der Waals surface area contributed by atoms with Crippen molar-refractivity contribution in [2.45, 2.75) is 51.2 Å². The number of carboxylic acid groups (broad SMARTS) is 2. The summed E-state index contributed by atoms with van der Waals surface area (Å²) in [4.78, 5) is 58.5. The summed E-state index contributed by atoms with van der Waals surface area (Å²) in [6.07, 6.45) is 2.00. The van der Waals surface area contributed by atoms with Crippen molar-refractivity contribution in [3.05, 3.63) is 0 Å². The van der Waals surface area contributed by atoms with Gasteiger partial charge in [0.25, 0.3) is 0 Å². The number of aliphatic carboxylic acids is 2. The van der Waals surface area contributed by atoms with E-state index in [1.807, 2.05) is 13.2 Å². The van der Waals surface area contributed by atoms with Gasteiger partial charge in [-0.3, -0.25) is 24.0 Å². The molecule has 0 aliphatic rings. The van der Waals surface area contributed by atoms with Crippen LogP contribution in [0.4, 0.5) is 0 Å². The third kappa shape index (κ3) is 10.7. The molecule has 0 bridgehead atoms.